The molecule has 31 heavy (non-hydrogen) atoms. The summed E-state index contributed by atoms with van der Waals surface area (Å²) in [5.41, 5.74) is 4.15. The first-order valence-electron chi connectivity index (χ1n) is 10.5. The van der Waals surface area contributed by atoms with Crippen molar-refractivity contribution < 1.29 is 13.2 Å². The summed E-state index contributed by atoms with van der Waals surface area (Å²) in [6.45, 7) is 2.48. The molecule has 1 N–H and O–H groups in total. The van der Waals surface area contributed by atoms with Gasteiger partial charge in [0, 0.05) is 24.7 Å². The molecule has 0 aliphatic carbocycles. The van der Waals surface area contributed by atoms with Crippen molar-refractivity contribution in [3.63, 3.8) is 0 Å². The normalized spacial score (nSPS) is 14.3. The molecule has 0 bridgehead atoms. The maximum atomic E-state index is 12.7. The van der Waals surface area contributed by atoms with Crippen molar-refractivity contribution in [2.45, 2.75) is 37.1 Å². The predicted molar refractivity (Wildman–Crippen MR) is 123 cm³/mol. The molecular weight excluding hydrogens is 408 g/mol. The van der Waals surface area contributed by atoms with E-state index in [-0.39, 0.29) is 16.8 Å². The van der Waals surface area contributed by atoms with Gasteiger partial charge in [-0.3, -0.25) is 4.79 Å². The maximum absolute atomic E-state index is 12.7. The largest absolute Gasteiger partial charge is 0.312 e. The lowest BCUT2D eigenvalue weighted by molar-refractivity contribution is -0.118. The van der Waals surface area contributed by atoms with Crippen LogP contribution in [0.5, 0.6) is 0 Å². The van der Waals surface area contributed by atoms with E-state index in [4.69, 9.17) is 0 Å². The van der Waals surface area contributed by atoms with Crippen LogP contribution in [0, 0.1) is 0 Å². The highest BCUT2D eigenvalue weighted by Crippen LogP contribution is 2.28. The zero-order valence-electron chi connectivity index (χ0n) is 17.5. The van der Waals surface area contributed by atoms with Crippen LogP contribution in [0.3, 0.4) is 0 Å². The van der Waals surface area contributed by atoms with E-state index >= 15 is 0 Å². The Morgan fingerprint density at radius 3 is 2.32 bits per heavy atom. The lowest BCUT2D eigenvalue weighted by atomic mass is 10.1. The van der Waals surface area contributed by atoms with E-state index in [1.807, 2.05) is 66.7 Å². The SMILES string of the molecule is CC(CCC(=O)N1CCc2ccccc21)NS(=O)(=O)c1ccc(-c2ccccc2)cc1. The van der Waals surface area contributed by atoms with Gasteiger partial charge in [-0.25, -0.2) is 13.1 Å². The highest BCUT2D eigenvalue weighted by Gasteiger charge is 2.25. The van der Waals surface area contributed by atoms with Crippen molar-refractivity contribution in [3.05, 3.63) is 84.4 Å². The molecule has 4 rings (SSSR count). The van der Waals surface area contributed by atoms with E-state index in [1.165, 1.54) is 5.56 Å². The molecule has 0 spiro atoms. The molecule has 3 aromatic carbocycles. The Morgan fingerprint density at radius 2 is 1.58 bits per heavy atom. The summed E-state index contributed by atoms with van der Waals surface area (Å²) in [5, 5.41) is 0. The highest BCUT2D eigenvalue weighted by atomic mass is 32.2. The quantitative estimate of drug-likeness (QED) is 0.600. The van der Waals surface area contributed by atoms with Gasteiger partial charge in [0.1, 0.15) is 0 Å². The predicted octanol–water partition coefficient (Wildman–Crippen LogP) is 4.39. The number of rotatable bonds is 7. The molecule has 1 aliphatic heterocycles. The Hall–Kier alpha value is -2.96. The first-order chi connectivity index (χ1) is 14.9. The van der Waals surface area contributed by atoms with Crippen LogP contribution in [-0.4, -0.2) is 26.9 Å². The lowest BCUT2D eigenvalue weighted by Gasteiger charge is -2.19. The maximum Gasteiger partial charge on any atom is 0.240 e. The van der Waals surface area contributed by atoms with E-state index in [2.05, 4.69) is 4.72 Å². The molecule has 5 nitrogen and oxygen atoms in total. The Balaban J connectivity index is 1.35. The van der Waals surface area contributed by atoms with Gasteiger partial charge in [-0.2, -0.15) is 0 Å². The minimum Gasteiger partial charge on any atom is -0.312 e. The molecular formula is C25H26N2O3S. The van der Waals surface area contributed by atoms with Gasteiger partial charge in [0.15, 0.2) is 0 Å². The average Bonchev–Trinajstić information content (AvgIpc) is 3.22. The van der Waals surface area contributed by atoms with Crippen LogP contribution in [0.2, 0.25) is 0 Å². The standard InChI is InChI=1S/C25H26N2O3S/c1-19(11-16-25(28)27-18-17-22-9-5-6-10-24(22)27)26-31(29,30)23-14-12-21(13-15-23)20-7-3-2-4-8-20/h2-10,12-15,19,26H,11,16-18H2,1H3. The summed E-state index contributed by atoms with van der Waals surface area (Å²) in [7, 11) is -3.65. The summed E-state index contributed by atoms with van der Waals surface area (Å²) in [6, 6.07) is 24.2. The second-order valence-electron chi connectivity index (χ2n) is 7.88. The first kappa shape index (κ1) is 21.3. The molecule has 0 saturated heterocycles. The number of nitrogens with zero attached hydrogens (tertiary/aromatic N) is 1. The first-order valence-corrected chi connectivity index (χ1v) is 12.0. The minimum absolute atomic E-state index is 0.0308. The Morgan fingerprint density at radius 1 is 0.935 bits per heavy atom. The molecule has 1 aliphatic rings. The second kappa shape index (κ2) is 9.04. The number of benzene rings is 3. The van der Waals surface area contributed by atoms with Crippen molar-refractivity contribution in [2.24, 2.45) is 0 Å². The molecule has 1 heterocycles. The van der Waals surface area contributed by atoms with Gasteiger partial charge >= 0.3 is 0 Å². The van der Waals surface area contributed by atoms with Crippen LogP contribution in [0.15, 0.2) is 83.8 Å². The van der Waals surface area contributed by atoms with Gasteiger partial charge in [0.25, 0.3) is 0 Å². The number of amides is 1. The number of nitrogens with one attached hydrogen (secondary N) is 1. The van der Waals surface area contributed by atoms with Crippen molar-refractivity contribution in [1.29, 1.82) is 0 Å². The molecule has 160 valence electrons. The van der Waals surface area contributed by atoms with Crippen LogP contribution in [0.25, 0.3) is 11.1 Å². The topological polar surface area (TPSA) is 66.5 Å². The third-order valence-corrected chi connectivity index (χ3v) is 7.21. The summed E-state index contributed by atoms with van der Waals surface area (Å²) >= 11 is 0. The van der Waals surface area contributed by atoms with Crippen molar-refractivity contribution in [1.82, 2.24) is 4.72 Å². The number of anilines is 1. The van der Waals surface area contributed by atoms with E-state index in [0.29, 0.717) is 19.4 Å². The minimum atomic E-state index is -3.65. The second-order valence-corrected chi connectivity index (χ2v) is 9.59. The number of hydrogen-bond donors (Lipinski definition) is 1. The van der Waals surface area contributed by atoms with Gasteiger partial charge in [-0.15, -0.1) is 0 Å². The van der Waals surface area contributed by atoms with Gasteiger partial charge in [0.2, 0.25) is 15.9 Å². The van der Waals surface area contributed by atoms with Gasteiger partial charge in [-0.05, 0) is 54.7 Å². The highest BCUT2D eigenvalue weighted by molar-refractivity contribution is 7.89. The van der Waals surface area contributed by atoms with Crippen LogP contribution >= 0.6 is 0 Å². The molecule has 1 atom stereocenters. The molecule has 1 amide bonds. The zero-order valence-corrected chi connectivity index (χ0v) is 18.3. The number of hydrogen-bond acceptors (Lipinski definition) is 3. The number of para-hydroxylation sites is 1. The number of sulfonamides is 1. The summed E-state index contributed by atoms with van der Waals surface area (Å²) in [4.78, 5) is 14.7. The van der Waals surface area contributed by atoms with Gasteiger partial charge < -0.3 is 4.90 Å². The fourth-order valence-electron chi connectivity index (χ4n) is 3.92. The Labute approximate surface area is 183 Å². The molecule has 0 radical (unpaired) electrons. The van der Waals surface area contributed by atoms with Gasteiger partial charge in [-0.1, -0.05) is 60.7 Å². The smallest absolute Gasteiger partial charge is 0.240 e. The van der Waals surface area contributed by atoms with E-state index < -0.39 is 10.0 Å². The summed E-state index contributed by atoms with van der Waals surface area (Å²) in [6.07, 6.45) is 1.60. The fraction of sp³-hybridized carbons (Fsp3) is 0.240. The van der Waals surface area contributed by atoms with Crippen LogP contribution in [-0.2, 0) is 21.2 Å². The number of fused-ring (bicyclic) bond motifs is 1. The molecule has 1 unspecified atom stereocenters. The summed E-state index contributed by atoms with van der Waals surface area (Å²) < 4.78 is 28.2. The van der Waals surface area contributed by atoms with Crippen molar-refractivity contribution >= 4 is 21.6 Å². The van der Waals surface area contributed by atoms with Crippen LogP contribution < -0.4 is 9.62 Å². The average molecular weight is 435 g/mol. The fourth-order valence-corrected chi connectivity index (χ4v) is 5.20. The third-order valence-electron chi connectivity index (χ3n) is 5.61. The lowest BCUT2D eigenvalue weighted by Crippen LogP contribution is -2.35. The van der Waals surface area contributed by atoms with Crippen molar-refractivity contribution in [3.8, 4) is 11.1 Å². The van der Waals surface area contributed by atoms with Crippen LogP contribution in [0.4, 0.5) is 5.69 Å². The molecule has 0 aromatic heterocycles. The van der Waals surface area contributed by atoms with E-state index in [0.717, 1.165) is 23.2 Å². The zero-order chi connectivity index (χ0) is 21.8. The monoisotopic (exact) mass is 434 g/mol. The van der Waals surface area contributed by atoms with Crippen LogP contribution in [0.1, 0.15) is 25.3 Å². The third kappa shape index (κ3) is 4.86. The Bertz CT molecular complexity index is 1160. The molecule has 0 saturated carbocycles. The number of carbonyl (C=O) groups excluding carboxylic acids is 1. The molecule has 6 heteroatoms. The Kier molecular flexibility index (Phi) is 6.20. The molecule has 0 fully saturated rings. The molecule has 3 aromatic rings. The van der Waals surface area contributed by atoms with E-state index in [1.54, 1.807) is 24.0 Å². The summed E-state index contributed by atoms with van der Waals surface area (Å²) in [5.74, 6) is 0.0308. The van der Waals surface area contributed by atoms with E-state index in [9.17, 15) is 13.2 Å². The van der Waals surface area contributed by atoms with Crippen molar-refractivity contribution in [2.75, 3.05) is 11.4 Å². The number of carbonyl (C=O) groups is 1. The van der Waals surface area contributed by atoms with Gasteiger partial charge in [0.05, 0.1) is 4.90 Å².